The first-order valence-corrected chi connectivity index (χ1v) is 6.68. The predicted molar refractivity (Wildman–Crippen MR) is 64.1 cm³/mol. The van der Waals surface area contributed by atoms with Crippen molar-refractivity contribution >= 4 is 16.7 Å². The summed E-state index contributed by atoms with van der Waals surface area (Å²) in [5.41, 5.74) is 0.818. The maximum atomic E-state index is 12.1. The van der Waals surface area contributed by atoms with Crippen molar-refractivity contribution in [3.05, 3.63) is 35.9 Å². The molecular weight excluding hydrogens is 192 g/mol. The number of hydrogen-bond acceptors (Lipinski definition) is 1. The van der Waals surface area contributed by atoms with Crippen LogP contribution < -0.4 is 0 Å². The van der Waals surface area contributed by atoms with Crippen molar-refractivity contribution in [1.29, 1.82) is 0 Å². The molecule has 0 N–H and O–H groups in total. The maximum Gasteiger partial charge on any atom is 0.217 e. The minimum absolute atomic E-state index is 0.0940. The smallest absolute Gasteiger partial charge is 0.217 e. The van der Waals surface area contributed by atoms with E-state index in [4.69, 9.17) is 0 Å². The second-order valence-electron chi connectivity index (χ2n) is 4.02. The molecule has 1 rings (SSSR count). The van der Waals surface area contributed by atoms with Gasteiger partial charge in [-0.1, -0.05) is 30.3 Å². The minimum atomic E-state index is -0.249. The van der Waals surface area contributed by atoms with Crippen LogP contribution in [0, 0.1) is 0 Å². The summed E-state index contributed by atoms with van der Waals surface area (Å²) in [6, 6.07) is 9.52. The highest BCUT2D eigenvalue weighted by Crippen LogP contribution is 2.21. The molecular formula is C12H17OS+. The number of carbonyl (C=O) groups excluding carboxylic acids is 1. The van der Waals surface area contributed by atoms with E-state index in [9.17, 15) is 4.79 Å². The number of ketones is 1. The van der Waals surface area contributed by atoms with Crippen molar-refractivity contribution in [3.8, 4) is 0 Å². The summed E-state index contributed by atoms with van der Waals surface area (Å²) in [4.78, 5) is 12.1. The zero-order chi connectivity index (χ0) is 10.8. The lowest BCUT2D eigenvalue weighted by molar-refractivity contribution is 0.0957. The molecule has 0 heterocycles. The second kappa shape index (κ2) is 4.18. The maximum absolute atomic E-state index is 12.1. The Balaban J connectivity index is 2.97. The van der Waals surface area contributed by atoms with Gasteiger partial charge in [-0.05, 0) is 24.7 Å². The highest BCUT2D eigenvalue weighted by Gasteiger charge is 2.39. The van der Waals surface area contributed by atoms with Crippen LogP contribution in [0.3, 0.4) is 0 Å². The van der Waals surface area contributed by atoms with Crippen molar-refractivity contribution in [3.63, 3.8) is 0 Å². The van der Waals surface area contributed by atoms with Gasteiger partial charge in [-0.3, -0.25) is 4.79 Å². The molecule has 0 saturated heterocycles. The Hall–Kier alpha value is -0.760. The molecule has 1 aromatic rings. The Morgan fingerprint density at radius 3 is 2.07 bits per heavy atom. The summed E-state index contributed by atoms with van der Waals surface area (Å²) in [5, 5.41) is 0. The third-order valence-electron chi connectivity index (χ3n) is 2.60. The molecule has 2 heteroatoms. The van der Waals surface area contributed by atoms with Crippen molar-refractivity contribution < 1.29 is 4.79 Å². The fourth-order valence-electron chi connectivity index (χ4n) is 1.12. The van der Waals surface area contributed by atoms with Crippen molar-refractivity contribution in [2.24, 2.45) is 0 Å². The molecule has 76 valence electrons. The molecule has 1 aromatic carbocycles. The quantitative estimate of drug-likeness (QED) is 0.552. The summed E-state index contributed by atoms with van der Waals surface area (Å²) in [7, 11) is 0.0940. The van der Waals surface area contributed by atoms with Gasteiger partial charge in [0, 0.05) is 5.56 Å². The highest BCUT2D eigenvalue weighted by molar-refractivity contribution is 7.97. The number of carbonyl (C=O) groups is 1. The Morgan fingerprint density at radius 1 is 1.14 bits per heavy atom. The fraction of sp³-hybridized carbons (Fsp3) is 0.417. The molecule has 0 unspecified atom stereocenters. The molecule has 0 spiro atoms. The van der Waals surface area contributed by atoms with Gasteiger partial charge in [0.15, 0.2) is 4.75 Å². The number of rotatable bonds is 3. The third kappa shape index (κ3) is 2.18. The first kappa shape index (κ1) is 11.3. The first-order chi connectivity index (χ1) is 6.46. The molecule has 0 bridgehead atoms. The third-order valence-corrected chi connectivity index (χ3v) is 4.83. The summed E-state index contributed by atoms with van der Waals surface area (Å²) in [5.74, 6) is 0.242. The Bertz CT molecular complexity index is 314. The van der Waals surface area contributed by atoms with Crippen LogP contribution in [-0.2, 0) is 10.9 Å². The average molecular weight is 209 g/mol. The number of Topliss-reactive ketones (excluding diaryl/α,β-unsaturated/α-hetero) is 1. The molecule has 0 aliphatic rings. The molecule has 0 aromatic heterocycles. The van der Waals surface area contributed by atoms with Gasteiger partial charge < -0.3 is 0 Å². The largest absolute Gasteiger partial charge is 0.288 e. The summed E-state index contributed by atoms with van der Waals surface area (Å²) < 4.78 is -0.249. The van der Waals surface area contributed by atoms with E-state index in [2.05, 4.69) is 12.5 Å². The number of benzene rings is 1. The average Bonchev–Trinajstić information content (AvgIpc) is 2.17. The van der Waals surface area contributed by atoms with E-state index < -0.39 is 0 Å². The molecule has 0 radical (unpaired) electrons. The van der Waals surface area contributed by atoms with Gasteiger partial charge in [-0.2, -0.15) is 0 Å². The van der Waals surface area contributed by atoms with Gasteiger partial charge in [0.25, 0.3) is 0 Å². The highest BCUT2D eigenvalue weighted by atomic mass is 32.2. The number of hydrogen-bond donors (Lipinski definition) is 0. The van der Waals surface area contributed by atoms with E-state index in [0.717, 1.165) is 5.56 Å². The summed E-state index contributed by atoms with van der Waals surface area (Å²) in [6.07, 6.45) is 4.22. The Labute approximate surface area is 88.9 Å². The van der Waals surface area contributed by atoms with Crippen LogP contribution in [0.2, 0.25) is 0 Å². The molecule has 1 nitrogen and oxygen atoms in total. The SMILES string of the molecule is C[S+](C)C(C)(C)C(=O)c1ccccc1. The van der Waals surface area contributed by atoms with E-state index in [-0.39, 0.29) is 21.4 Å². The molecule has 0 amide bonds. The standard InChI is InChI=1S/C12H17OS/c1-12(2,14(3)4)11(13)10-8-6-5-7-9-10/h5-9H,1-4H3/q+1. The predicted octanol–water partition coefficient (Wildman–Crippen LogP) is 2.53. The fourth-order valence-corrected chi connectivity index (χ4v) is 1.61. The van der Waals surface area contributed by atoms with Gasteiger partial charge in [0.1, 0.15) is 0 Å². The van der Waals surface area contributed by atoms with E-state index in [1.165, 1.54) is 0 Å². The van der Waals surface area contributed by atoms with Crippen LogP contribution in [0.4, 0.5) is 0 Å². The van der Waals surface area contributed by atoms with E-state index >= 15 is 0 Å². The van der Waals surface area contributed by atoms with Crippen LogP contribution >= 0.6 is 0 Å². The van der Waals surface area contributed by atoms with Gasteiger partial charge in [-0.25, -0.2) is 0 Å². The molecule has 0 saturated carbocycles. The summed E-state index contributed by atoms with van der Waals surface area (Å²) in [6.45, 7) is 4.04. The van der Waals surface area contributed by atoms with Gasteiger partial charge in [0.2, 0.25) is 5.78 Å². The lowest BCUT2D eigenvalue weighted by atomic mass is 10.0. The van der Waals surface area contributed by atoms with Crippen LogP contribution in [0.5, 0.6) is 0 Å². The molecule has 0 fully saturated rings. The second-order valence-corrected chi connectivity index (χ2v) is 6.68. The van der Waals surface area contributed by atoms with Crippen molar-refractivity contribution in [2.45, 2.75) is 18.6 Å². The van der Waals surface area contributed by atoms with Crippen LogP contribution in [0.1, 0.15) is 24.2 Å². The summed E-state index contributed by atoms with van der Waals surface area (Å²) >= 11 is 0. The van der Waals surface area contributed by atoms with Crippen molar-refractivity contribution in [1.82, 2.24) is 0 Å². The minimum Gasteiger partial charge on any atom is -0.288 e. The zero-order valence-corrected chi connectivity index (χ0v) is 10.0. The lowest BCUT2D eigenvalue weighted by Crippen LogP contribution is -2.39. The van der Waals surface area contributed by atoms with Crippen LogP contribution in [0.15, 0.2) is 30.3 Å². The van der Waals surface area contributed by atoms with E-state index in [0.29, 0.717) is 0 Å². The molecule has 0 atom stereocenters. The lowest BCUT2D eigenvalue weighted by Gasteiger charge is -2.19. The van der Waals surface area contributed by atoms with Crippen LogP contribution in [-0.4, -0.2) is 23.0 Å². The van der Waals surface area contributed by atoms with Gasteiger partial charge in [0.05, 0.1) is 12.5 Å². The zero-order valence-electron chi connectivity index (χ0n) is 9.20. The molecule has 0 aliphatic carbocycles. The topological polar surface area (TPSA) is 17.1 Å². The molecule has 0 aliphatic heterocycles. The van der Waals surface area contributed by atoms with E-state index in [1.54, 1.807) is 0 Å². The Kier molecular flexibility index (Phi) is 3.38. The molecule has 14 heavy (non-hydrogen) atoms. The monoisotopic (exact) mass is 209 g/mol. The van der Waals surface area contributed by atoms with E-state index in [1.807, 2.05) is 44.2 Å². The normalized spacial score (nSPS) is 11.8. The van der Waals surface area contributed by atoms with Crippen molar-refractivity contribution in [2.75, 3.05) is 12.5 Å². The van der Waals surface area contributed by atoms with Gasteiger partial charge in [-0.15, -0.1) is 0 Å². The van der Waals surface area contributed by atoms with Gasteiger partial charge >= 0.3 is 0 Å². The van der Waals surface area contributed by atoms with Crippen LogP contribution in [0.25, 0.3) is 0 Å². The first-order valence-electron chi connectivity index (χ1n) is 4.64. The Morgan fingerprint density at radius 2 is 1.64 bits per heavy atom.